The van der Waals surface area contributed by atoms with E-state index in [1.807, 2.05) is 18.9 Å². The molecule has 4 heteroatoms. The molecule has 0 spiro atoms. The fourth-order valence-electron chi connectivity index (χ4n) is 3.42. The van der Waals surface area contributed by atoms with Gasteiger partial charge in [-0.1, -0.05) is 12.8 Å². The average molecular weight is 254 g/mol. The van der Waals surface area contributed by atoms with E-state index in [-0.39, 0.29) is 18.2 Å². The molecule has 2 fully saturated rings. The Morgan fingerprint density at radius 2 is 2.00 bits per heavy atom. The number of carbonyl (C=O) groups excluding carboxylic acids is 1. The van der Waals surface area contributed by atoms with Crippen molar-refractivity contribution in [1.29, 1.82) is 0 Å². The average Bonchev–Trinajstić information content (AvgIpc) is 2.86. The van der Waals surface area contributed by atoms with E-state index in [1.54, 1.807) is 4.90 Å². The van der Waals surface area contributed by atoms with E-state index in [0.29, 0.717) is 5.92 Å². The van der Waals surface area contributed by atoms with Crippen molar-refractivity contribution in [2.45, 2.75) is 57.6 Å². The Labute approximate surface area is 110 Å². The lowest BCUT2D eigenvalue weighted by Gasteiger charge is -2.38. The van der Waals surface area contributed by atoms with Crippen molar-refractivity contribution in [3.8, 4) is 0 Å². The predicted molar refractivity (Wildman–Crippen MR) is 71.4 cm³/mol. The lowest BCUT2D eigenvalue weighted by Crippen LogP contribution is -2.49. The summed E-state index contributed by atoms with van der Waals surface area (Å²) in [4.78, 5) is 16.1. The van der Waals surface area contributed by atoms with Gasteiger partial charge in [0.1, 0.15) is 0 Å². The highest BCUT2D eigenvalue weighted by Crippen LogP contribution is 2.34. The molecule has 1 heterocycles. The van der Waals surface area contributed by atoms with E-state index >= 15 is 0 Å². The van der Waals surface area contributed by atoms with Crippen molar-refractivity contribution in [2.24, 2.45) is 5.92 Å². The summed E-state index contributed by atoms with van der Waals surface area (Å²) in [5.74, 6) is 0.301. The van der Waals surface area contributed by atoms with Gasteiger partial charge in [-0.05, 0) is 32.6 Å². The van der Waals surface area contributed by atoms with Crippen LogP contribution in [0.2, 0.25) is 0 Å². The lowest BCUT2D eigenvalue weighted by atomic mass is 9.80. The molecule has 0 radical (unpaired) electrons. The van der Waals surface area contributed by atoms with E-state index in [9.17, 15) is 9.90 Å². The topological polar surface area (TPSA) is 43.8 Å². The zero-order valence-electron chi connectivity index (χ0n) is 11.6. The molecule has 2 rings (SSSR count). The summed E-state index contributed by atoms with van der Waals surface area (Å²) in [5, 5.41) is 10.2. The number of hydrogen-bond acceptors (Lipinski definition) is 2. The number of nitrogens with zero attached hydrogens (tertiary/aromatic N) is 2. The third-order valence-corrected chi connectivity index (χ3v) is 4.62. The van der Waals surface area contributed by atoms with Crippen molar-refractivity contribution < 1.29 is 9.90 Å². The standard InChI is InChI=1S/C14H26N2O2/c1-3-15(2)14(18)16-10-6-8-12(16)11-7-4-5-9-13(11)17/h11-13,17H,3-10H2,1-2H3. The Balaban J connectivity index is 2.04. The Hall–Kier alpha value is -0.770. The molecule has 0 aromatic rings. The highest BCUT2D eigenvalue weighted by Gasteiger charge is 2.39. The zero-order chi connectivity index (χ0) is 13.1. The summed E-state index contributed by atoms with van der Waals surface area (Å²) in [6, 6.07) is 0.402. The molecule has 0 bridgehead atoms. The number of rotatable bonds is 2. The van der Waals surface area contributed by atoms with Gasteiger partial charge in [0.05, 0.1) is 6.10 Å². The third kappa shape index (κ3) is 2.63. The van der Waals surface area contributed by atoms with Crippen LogP contribution in [0.5, 0.6) is 0 Å². The van der Waals surface area contributed by atoms with Gasteiger partial charge < -0.3 is 14.9 Å². The van der Waals surface area contributed by atoms with Crippen molar-refractivity contribution in [2.75, 3.05) is 20.1 Å². The van der Waals surface area contributed by atoms with Crippen LogP contribution < -0.4 is 0 Å². The number of aliphatic hydroxyl groups is 1. The van der Waals surface area contributed by atoms with Crippen LogP contribution in [0.4, 0.5) is 4.79 Å². The lowest BCUT2D eigenvalue weighted by molar-refractivity contribution is 0.0274. The Kier molecular flexibility index (Phi) is 4.49. The van der Waals surface area contributed by atoms with Crippen LogP contribution >= 0.6 is 0 Å². The number of aliphatic hydroxyl groups excluding tert-OH is 1. The Morgan fingerprint density at radius 1 is 1.28 bits per heavy atom. The summed E-state index contributed by atoms with van der Waals surface area (Å²) < 4.78 is 0. The van der Waals surface area contributed by atoms with Gasteiger partial charge in [-0.15, -0.1) is 0 Å². The maximum atomic E-state index is 12.3. The van der Waals surface area contributed by atoms with Crippen molar-refractivity contribution in [3.63, 3.8) is 0 Å². The summed E-state index contributed by atoms with van der Waals surface area (Å²) in [7, 11) is 1.86. The van der Waals surface area contributed by atoms with Crippen molar-refractivity contribution in [1.82, 2.24) is 9.80 Å². The van der Waals surface area contributed by atoms with Gasteiger partial charge in [0.2, 0.25) is 0 Å². The molecule has 2 aliphatic rings. The van der Waals surface area contributed by atoms with E-state index in [0.717, 1.165) is 45.2 Å². The summed E-state index contributed by atoms with van der Waals surface area (Å²) in [6.07, 6.45) is 6.25. The normalized spacial score (nSPS) is 32.6. The van der Waals surface area contributed by atoms with Crippen LogP contribution in [-0.2, 0) is 0 Å². The Bertz CT molecular complexity index is 296. The third-order valence-electron chi connectivity index (χ3n) is 4.62. The van der Waals surface area contributed by atoms with Gasteiger partial charge in [0, 0.05) is 32.1 Å². The number of urea groups is 1. The molecule has 1 saturated carbocycles. The molecule has 104 valence electrons. The maximum absolute atomic E-state index is 12.3. The van der Waals surface area contributed by atoms with Crippen LogP contribution in [0.15, 0.2) is 0 Å². The van der Waals surface area contributed by atoms with Gasteiger partial charge in [-0.25, -0.2) is 4.79 Å². The SMILES string of the molecule is CCN(C)C(=O)N1CCCC1C1CCCCC1O. The van der Waals surface area contributed by atoms with E-state index in [4.69, 9.17) is 0 Å². The molecule has 3 unspecified atom stereocenters. The molecule has 4 nitrogen and oxygen atoms in total. The molecular formula is C14H26N2O2. The molecule has 1 aliphatic carbocycles. The number of carbonyl (C=O) groups is 1. The van der Waals surface area contributed by atoms with E-state index in [2.05, 4.69) is 0 Å². The minimum Gasteiger partial charge on any atom is -0.393 e. The summed E-state index contributed by atoms with van der Waals surface area (Å²) in [6.45, 7) is 3.60. The highest BCUT2D eigenvalue weighted by atomic mass is 16.3. The van der Waals surface area contributed by atoms with Crippen LogP contribution in [0, 0.1) is 5.92 Å². The van der Waals surface area contributed by atoms with Gasteiger partial charge in [-0.3, -0.25) is 0 Å². The molecule has 2 amide bonds. The van der Waals surface area contributed by atoms with Crippen LogP contribution in [0.25, 0.3) is 0 Å². The van der Waals surface area contributed by atoms with Crippen molar-refractivity contribution >= 4 is 6.03 Å². The smallest absolute Gasteiger partial charge is 0.319 e. The van der Waals surface area contributed by atoms with Gasteiger partial charge in [0.25, 0.3) is 0 Å². The number of amides is 2. The molecule has 0 aromatic heterocycles. The maximum Gasteiger partial charge on any atom is 0.319 e. The first kappa shape index (κ1) is 13.7. The first-order chi connectivity index (χ1) is 8.65. The van der Waals surface area contributed by atoms with Gasteiger partial charge >= 0.3 is 6.03 Å². The van der Waals surface area contributed by atoms with E-state index < -0.39 is 0 Å². The minimum absolute atomic E-state index is 0.137. The van der Waals surface area contributed by atoms with Gasteiger partial charge in [-0.2, -0.15) is 0 Å². The second-order valence-corrected chi connectivity index (χ2v) is 5.72. The number of likely N-dealkylation sites (tertiary alicyclic amines) is 1. The Morgan fingerprint density at radius 3 is 2.67 bits per heavy atom. The predicted octanol–water partition coefficient (Wildman–Crippen LogP) is 2.07. The molecule has 1 saturated heterocycles. The largest absolute Gasteiger partial charge is 0.393 e. The monoisotopic (exact) mass is 254 g/mol. The zero-order valence-corrected chi connectivity index (χ0v) is 11.6. The van der Waals surface area contributed by atoms with Crippen LogP contribution in [0.1, 0.15) is 45.4 Å². The van der Waals surface area contributed by atoms with E-state index in [1.165, 1.54) is 6.42 Å². The second-order valence-electron chi connectivity index (χ2n) is 5.72. The first-order valence-corrected chi connectivity index (χ1v) is 7.35. The summed E-state index contributed by atoms with van der Waals surface area (Å²) in [5.41, 5.74) is 0. The fourth-order valence-corrected chi connectivity index (χ4v) is 3.42. The summed E-state index contributed by atoms with van der Waals surface area (Å²) >= 11 is 0. The second kappa shape index (κ2) is 5.91. The number of hydrogen-bond donors (Lipinski definition) is 1. The highest BCUT2D eigenvalue weighted by molar-refractivity contribution is 5.74. The van der Waals surface area contributed by atoms with Crippen LogP contribution in [-0.4, -0.2) is 53.2 Å². The van der Waals surface area contributed by atoms with Crippen LogP contribution in [0.3, 0.4) is 0 Å². The molecule has 0 aromatic carbocycles. The minimum atomic E-state index is -0.205. The molecular weight excluding hydrogens is 228 g/mol. The molecule has 1 aliphatic heterocycles. The first-order valence-electron chi connectivity index (χ1n) is 7.35. The van der Waals surface area contributed by atoms with Crippen molar-refractivity contribution in [3.05, 3.63) is 0 Å². The molecule has 1 N–H and O–H groups in total. The molecule has 3 atom stereocenters. The van der Waals surface area contributed by atoms with Gasteiger partial charge in [0.15, 0.2) is 0 Å². The fraction of sp³-hybridized carbons (Fsp3) is 0.929. The quantitative estimate of drug-likeness (QED) is 0.820. The molecule has 18 heavy (non-hydrogen) atoms.